The summed E-state index contributed by atoms with van der Waals surface area (Å²) in [4.78, 5) is 0. The zero-order valence-corrected chi connectivity index (χ0v) is 14.9. The van der Waals surface area contributed by atoms with Crippen LogP contribution in [0, 0.1) is 18.3 Å². The number of nitrogen functional groups attached to an aromatic ring is 1. The molecule has 0 radical (unpaired) electrons. The van der Waals surface area contributed by atoms with Crippen LogP contribution in [-0.2, 0) is 6.54 Å². The second-order valence-corrected chi connectivity index (χ2v) is 7.03. The van der Waals surface area contributed by atoms with Gasteiger partial charge in [-0.25, -0.2) is 0 Å². The van der Waals surface area contributed by atoms with E-state index in [0.717, 1.165) is 43.2 Å². The smallest absolute Gasteiger partial charge is 0.122 e. The van der Waals surface area contributed by atoms with E-state index >= 15 is 0 Å². The maximum atomic E-state index is 7.63. The topological polar surface area (TPSA) is 73.9 Å². The number of hydrogen-bond acceptors (Lipinski definition) is 3. The summed E-state index contributed by atoms with van der Waals surface area (Å²) in [5.74, 6) is 0.899. The average molecular weight is 336 g/mol. The van der Waals surface area contributed by atoms with Crippen molar-refractivity contribution in [2.45, 2.75) is 26.3 Å². The molecule has 2 aromatic carbocycles. The quantitative estimate of drug-likeness (QED) is 0.484. The number of aryl methyl sites for hydroxylation is 1. The van der Waals surface area contributed by atoms with Gasteiger partial charge in [0, 0.05) is 12.1 Å². The summed E-state index contributed by atoms with van der Waals surface area (Å²) in [5.41, 5.74) is 11.2. The van der Waals surface area contributed by atoms with Crippen molar-refractivity contribution in [3.05, 3.63) is 59.2 Å². The number of amidine groups is 1. The van der Waals surface area contributed by atoms with E-state index < -0.39 is 0 Å². The molecule has 0 spiro atoms. The van der Waals surface area contributed by atoms with E-state index in [1.165, 1.54) is 29.5 Å². The molecule has 0 aromatic heterocycles. The minimum absolute atomic E-state index is 0.110. The molecule has 1 aliphatic heterocycles. The fraction of sp³-hybridized carbons (Fsp3) is 0.381. The van der Waals surface area contributed by atoms with Crippen LogP contribution in [0.4, 0.5) is 0 Å². The molecule has 0 saturated carbocycles. The van der Waals surface area contributed by atoms with Crippen LogP contribution in [0.15, 0.2) is 42.5 Å². The fourth-order valence-corrected chi connectivity index (χ4v) is 3.50. The number of nitrogens with two attached hydrogens (primary N) is 1. The molecule has 1 heterocycles. The Kier molecular flexibility index (Phi) is 5.84. The third-order valence-electron chi connectivity index (χ3n) is 4.86. The normalized spacial score (nSPS) is 15.2. The van der Waals surface area contributed by atoms with Crippen LogP contribution in [0.1, 0.15) is 29.5 Å². The van der Waals surface area contributed by atoms with Gasteiger partial charge < -0.3 is 16.4 Å². The maximum absolute atomic E-state index is 7.63. The van der Waals surface area contributed by atoms with Crippen molar-refractivity contribution >= 4 is 5.84 Å². The Balaban J connectivity index is 1.69. The van der Waals surface area contributed by atoms with Crippen molar-refractivity contribution in [1.82, 2.24) is 10.6 Å². The van der Waals surface area contributed by atoms with E-state index in [2.05, 4.69) is 41.8 Å². The number of rotatable bonds is 6. The molecule has 0 atom stereocenters. The van der Waals surface area contributed by atoms with Gasteiger partial charge in [0.15, 0.2) is 0 Å². The summed E-state index contributed by atoms with van der Waals surface area (Å²) in [6.07, 6.45) is 2.54. The van der Waals surface area contributed by atoms with Gasteiger partial charge in [-0.3, -0.25) is 5.41 Å². The molecule has 1 aliphatic rings. The van der Waals surface area contributed by atoms with Crippen molar-refractivity contribution in [2.24, 2.45) is 11.7 Å². The Morgan fingerprint density at radius 3 is 2.72 bits per heavy atom. The molecule has 0 bridgehead atoms. The van der Waals surface area contributed by atoms with Gasteiger partial charge in [0.1, 0.15) is 5.84 Å². The SMILES string of the molecule is Cc1cc(CNCC2CCNCC2)cc(-c2cccc(C(=N)N)c2)c1. The highest BCUT2D eigenvalue weighted by molar-refractivity contribution is 5.96. The van der Waals surface area contributed by atoms with Crippen LogP contribution in [0.3, 0.4) is 0 Å². The summed E-state index contributed by atoms with van der Waals surface area (Å²) in [7, 11) is 0. The molecule has 132 valence electrons. The van der Waals surface area contributed by atoms with Gasteiger partial charge in [0.2, 0.25) is 0 Å². The zero-order chi connectivity index (χ0) is 17.6. The van der Waals surface area contributed by atoms with Crippen LogP contribution < -0.4 is 16.4 Å². The third kappa shape index (κ3) is 4.91. The van der Waals surface area contributed by atoms with Crippen molar-refractivity contribution in [3.8, 4) is 11.1 Å². The number of hydrogen-bond donors (Lipinski definition) is 4. The Labute approximate surface area is 150 Å². The molecule has 1 saturated heterocycles. The van der Waals surface area contributed by atoms with Crippen molar-refractivity contribution < 1.29 is 0 Å². The lowest BCUT2D eigenvalue weighted by Crippen LogP contribution is -2.33. The number of nitrogens with one attached hydrogen (secondary N) is 3. The highest BCUT2D eigenvalue weighted by atomic mass is 14.9. The highest BCUT2D eigenvalue weighted by Crippen LogP contribution is 2.23. The maximum Gasteiger partial charge on any atom is 0.122 e. The predicted molar refractivity (Wildman–Crippen MR) is 105 cm³/mol. The second-order valence-electron chi connectivity index (χ2n) is 7.03. The lowest BCUT2D eigenvalue weighted by Gasteiger charge is -2.23. The molecule has 1 fully saturated rings. The fourth-order valence-electron chi connectivity index (χ4n) is 3.50. The first-order chi connectivity index (χ1) is 12.1. The van der Waals surface area contributed by atoms with Gasteiger partial charge in [-0.05, 0) is 74.1 Å². The van der Waals surface area contributed by atoms with Crippen molar-refractivity contribution in [1.29, 1.82) is 5.41 Å². The summed E-state index contributed by atoms with van der Waals surface area (Å²) in [6, 6.07) is 14.6. The largest absolute Gasteiger partial charge is 0.384 e. The van der Waals surface area contributed by atoms with Gasteiger partial charge in [-0.2, -0.15) is 0 Å². The first-order valence-corrected chi connectivity index (χ1v) is 9.08. The summed E-state index contributed by atoms with van der Waals surface area (Å²) < 4.78 is 0. The molecular weight excluding hydrogens is 308 g/mol. The van der Waals surface area contributed by atoms with Gasteiger partial charge in [-0.1, -0.05) is 35.9 Å². The van der Waals surface area contributed by atoms with E-state index in [4.69, 9.17) is 11.1 Å². The Hall–Kier alpha value is -2.17. The van der Waals surface area contributed by atoms with E-state index in [-0.39, 0.29) is 5.84 Å². The molecule has 5 N–H and O–H groups in total. The minimum Gasteiger partial charge on any atom is -0.384 e. The number of benzene rings is 2. The summed E-state index contributed by atoms with van der Waals surface area (Å²) >= 11 is 0. The summed E-state index contributed by atoms with van der Waals surface area (Å²) in [5, 5.41) is 14.7. The van der Waals surface area contributed by atoms with Gasteiger partial charge in [0.25, 0.3) is 0 Å². The minimum atomic E-state index is 0.110. The number of piperidine rings is 1. The Bertz CT molecular complexity index is 732. The van der Waals surface area contributed by atoms with E-state index in [1.54, 1.807) is 0 Å². The molecule has 0 unspecified atom stereocenters. The molecule has 4 heteroatoms. The van der Waals surface area contributed by atoms with Crippen molar-refractivity contribution in [3.63, 3.8) is 0 Å². The lowest BCUT2D eigenvalue weighted by atomic mass is 9.97. The first-order valence-electron chi connectivity index (χ1n) is 9.08. The van der Waals surface area contributed by atoms with Crippen LogP contribution >= 0.6 is 0 Å². The molecule has 0 aliphatic carbocycles. The average Bonchev–Trinajstić information content (AvgIpc) is 2.62. The Morgan fingerprint density at radius 1 is 1.16 bits per heavy atom. The van der Waals surface area contributed by atoms with Gasteiger partial charge >= 0.3 is 0 Å². The van der Waals surface area contributed by atoms with Gasteiger partial charge in [0.05, 0.1) is 0 Å². The van der Waals surface area contributed by atoms with Crippen LogP contribution in [0.2, 0.25) is 0 Å². The zero-order valence-electron chi connectivity index (χ0n) is 14.9. The standard InChI is InChI=1S/C21H28N4/c1-15-9-17(14-25-13-16-5-7-24-8-6-16)11-20(10-15)18-3-2-4-19(12-18)21(22)23/h2-4,9-12,16,24-25H,5-8,13-14H2,1H3,(H3,22,23). The highest BCUT2D eigenvalue weighted by Gasteiger charge is 2.12. The van der Waals surface area contributed by atoms with Crippen LogP contribution in [0.25, 0.3) is 11.1 Å². The van der Waals surface area contributed by atoms with E-state index in [0.29, 0.717) is 0 Å². The summed E-state index contributed by atoms with van der Waals surface area (Å²) in [6.45, 7) is 6.41. The molecular formula is C21H28N4. The molecule has 2 aromatic rings. The first kappa shape index (κ1) is 17.6. The van der Waals surface area contributed by atoms with E-state index in [1.807, 2.05) is 18.2 Å². The van der Waals surface area contributed by atoms with Crippen LogP contribution in [-0.4, -0.2) is 25.5 Å². The molecule has 0 amide bonds. The molecule has 25 heavy (non-hydrogen) atoms. The predicted octanol–water partition coefficient (Wildman–Crippen LogP) is 3.04. The van der Waals surface area contributed by atoms with Crippen molar-refractivity contribution in [2.75, 3.05) is 19.6 Å². The molecule has 4 nitrogen and oxygen atoms in total. The second kappa shape index (κ2) is 8.28. The van der Waals surface area contributed by atoms with E-state index in [9.17, 15) is 0 Å². The monoisotopic (exact) mass is 336 g/mol. The lowest BCUT2D eigenvalue weighted by molar-refractivity contribution is 0.356. The molecule has 3 rings (SSSR count). The Morgan fingerprint density at radius 2 is 1.96 bits per heavy atom. The van der Waals surface area contributed by atoms with Gasteiger partial charge in [-0.15, -0.1) is 0 Å². The van der Waals surface area contributed by atoms with Crippen LogP contribution in [0.5, 0.6) is 0 Å². The third-order valence-corrected chi connectivity index (χ3v) is 4.86.